The molecule has 4 aromatic rings. The molecule has 0 unspecified atom stereocenters. The van der Waals surface area contributed by atoms with Crippen molar-refractivity contribution in [3.05, 3.63) is 118 Å². The third kappa shape index (κ3) is 6.16. The lowest BCUT2D eigenvalue weighted by atomic mass is 9.91. The predicted molar refractivity (Wildman–Crippen MR) is 145 cm³/mol. The largest absolute Gasteiger partial charge is 0.478 e. The molecule has 0 aliphatic rings. The van der Waals surface area contributed by atoms with Crippen LogP contribution < -0.4 is 0 Å². The van der Waals surface area contributed by atoms with Gasteiger partial charge in [0.25, 0.3) is 20.2 Å². The van der Waals surface area contributed by atoms with Crippen LogP contribution in [-0.2, 0) is 20.2 Å². The van der Waals surface area contributed by atoms with E-state index in [1.165, 1.54) is 36.4 Å². The summed E-state index contributed by atoms with van der Waals surface area (Å²) in [6.45, 7) is 0. The standard InChI is InChI=1S/C28H18O12S2/c29-25(17-3-1-5-19(11-17)41(35,36)37)23-13-15(7-9-21(23)27(31)32)16-8-10-22(28(33)34)24(14-16)26(30)18-4-2-6-20(12-18)42(38,39)40/h1-14H,(H,31,32)(H,33,34)(H,35,36,37)(H,38,39,40). The molecule has 0 aliphatic carbocycles. The highest BCUT2D eigenvalue weighted by Crippen LogP contribution is 2.29. The van der Waals surface area contributed by atoms with Crippen LogP contribution in [0.4, 0.5) is 0 Å². The summed E-state index contributed by atoms with van der Waals surface area (Å²) in [5.41, 5.74) is -1.78. The Morgan fingerprint density at radius 3 is 1.14 bits per heavy atom. The van der Waals surface area contributed by atoms with E-state index in [0.717, 1.165) is 48.5 Å². The summed E-state index contributed by atoms with van der Waals surface area (Å²) in [5, 5.41) is 19.3. The molecule has 0 fully saturated rings. The number of carbonyl (C=O) groups excluding carboxylic acids is 2. The zero-order valence-corrected chi connectivity index (χ0v) is 22.6. The molecule has 214 valence electrons. The second kappa shape index (κ2) is 11.1. The van der Waals surface area contributed by atoms with Gasteiger partial charge in [-0.2, -0.15) is 16.8 Å². The number of carboxylic acid groups (broad SMARTS) is 2. The molecule has 4 rings (SSSR count). The number of carboxylic acids is 2. The molecule has 0 radical (unpaired) electrons. The van der Waals surface area contributed by atoms with Gasteiger partial charge in [-0.25, -0.2) is 9.59 Å². The van der Waals surface area contributed by atoms with E-state index in [9.17, 15) is 55.3 Å². The van der Waals surface area contributed by atoms with E-state index in [2.05, 4.69) is 0 Å². The van der Waals surface area contributed by atoms with Gasteiger partial charge in [-0.1, -0.05) is 36.4 Å². The zero-order chi connectivity index (χ0) is 31.0. The number of rotatable bonds is 9. The monoisotopic (exact) mass is 610 g/mol. The highest BCUT2D eigenvalue weighted by molar-refractivity contribution is 7.86. The minimum Gasteiger partial charge on any atom is -0.478 e. The zero-order valence-electron chi connectivity index (χ0n) is 21.0. The Morgan fingerprint density at radius 2 is 0.833 bits per heavy atom. The van der Waals surface area contributed by atoms with Crippen LogP contribution >= 0.6 is 0 Å². The Labute approximate surface area is 238 Å². The molecule has 42 heavy (non-hydrogen) atoms. The van der Waals surface area contributed by atoms with E-state index < -0.39 is 64.7 Å². The van der Waals surface area contributed by atoms with Gasteiger partial charge in [-0.15, -0.1) is 0 Å². The molecule has 0 aliphatic heterocycles. The van der Waals surface area contributed by atoms with Crippen LogP contribution in [0, 0.1) is 0 Å². The summed E-state index contributed by atoms with van der Waals surface area (Å²) in [6, 6.07) is 15.7. The van der Waals surface area contributed by atoms with E-state index in [0.29, 0.717) is 0 Å². The van der Waals surface area contributed by atoms with Gasteiger partial charge in [0.15, 0.2) is 11.6 Å². The molecule has 0 saturated heterocycles. The van der Waals surface area contributed by atoms with Crippen LogP contribution in [0.2, 0.25) is 0 Å². The molecule has 0 saturated carbocycles. The van der Waals surface area contributed by atoms with E-state index >= 15 is 0 Å². The fourth-order valence-corrected chi connectivity index (χ4v) is 5.16. The average Bonchev–Trinajstić information content (AvgIpc) is 2.94. The molecule has 4 N–H and O–H groups in total. The van der Waals surface area contributed by atoms with Crippen molar-refractivity contribution in [2.24, 2.45) is 0 Å². The molecule has 14 heteroatoms. The van der Waals surface area contributed by atoms with Gasteiger partial charge in [0.2, 0.25) is 0 Å². The second-order valence-corrected chi connectivity index (χ2v) is 11.6. The van der Waals surface area contributed by atoms with Crippen molar-refractivity contribution >= 4 is 43.7 Å². The van der Waals surface area contributed by atoms with Crippen LogP contribution in [0.5, 0.6) is 0 Å². The van der Waals surface area contributed by atoms with Crippen LogP contribution in [0.1, 0.15) is 52.6 Å². The van der Waals surface area contributed by atoms with Crippen molar-refractivity contribution in [3.8, 4) is 11.1 Å². The topological polar surface area (TPSA) is 217 Å². The smallest absolute Gasteiger partial charge is 0.336 e. The molecule has 0 aromatic heterocycles. The minimum atomic E-state index is -4.67. The third-order valence-electron chi connectivity index (χ3n) is 6.11. The van der Waals surface area contributed by atoms with Crippen molar-refractivity contribution in [2.75, 3.05) is 0 Å². The first-order chi connectivity index (χ1) is 19.6. The number of benzene rings is 4. The molecule has 0 heterocycles. The maximum Gasteiger partial charge on any atom is 0.336 e. The third-order valence-corrected chi connectivity index (χ3v) is 7.81. The van der Waals surface area contributed by atoms with Gasteiger partial charge in [0.05, 0.1) is 20.9 Å². The van der Waals surface area contributed by atoms with Crippen molar-refractivity contribution < 1.29 is 55.3 Å². The summed E-state index contributed by atoms with van der Waals surface area (Å²) >= 11 is 0. The van der Waals surface area contributed by atoms with Gasteiger partial charge in [0, 0.05) is 22.3 Å². The molecule has 0 amide bonds. The second-order valence-electron chi connectivity index (χ2n) is 8.80. The lowest BCUT2D eigenvalue weighted by Crippen LogP contribution is -2.12. The van der Waals surface area contributed by atoms with Crippen molar-refractivity contribution in [2.45, 2.75) is 9.79 Å². The number of aromatic carboxylic acids is 2. The Kier molecular flexibility index (Phi) is 7.91. The summed E-state index contributed by atoms with van der Waals surface area (Å²) in [7, 11) is -9.34. The van der Waals surface area contributed by atoms with Gasteiger partial charge >= 0.3 is 11.9 Å². The minimum absolute atomic E-state index is 0.173. The van der Waals surface area contributed by atoms with E-state index in [4.69, 9.17) is 0 Å². The van der Waals surface area contributed by atoms with Crippen molar-refractivity contribution in [3.63, 3.8) is 0 Å². The van der Waals surface area contributed by atoms with Crippen molar-refractivity contribution in [1.82, 2.24) is 0 Å². The van der Waals surface area contributed by atoms with Gasteiger partial charge in [-0.3, -0.25) is 18.7 Å². The predicted octanol–water partition coefficient (Wildman–Crippen LogP) is 3.71. The van der Waals surface area contributed by atoms with Crippen LogP contribution in [0.15, 0.2) is 94.7 Å². The molecule has 0 bridgehead atoms. The fourth-order valence-electron chi connectivity index (χ4n) is 4.10. The molecular formula is C28H18O12S2. The first-order valence-electron chi connectivity index (χ1n) is 11.6. The lowest BCUT2D eigenvalue weighted by Gasteiger charge is -2.12. The summed E-state index contributed by atoms with van der Waals surface area (Å²) < 4.78 is 64.8. The fraction of sp³-hybridized carbons (Fsp3) is 0. The summed E-state index contributed by atoms with van der Waals surface area (Å²) in [6.07, 6.45) is 0. The van der Waals surface area contributed by atoms with Crippen LogP contribution in [0.25, 0.3) is 11.1 Å². The van der Waals surface area contributed by atoms with Crippen LogP contribution in [0.3, 0.4) is 0 Å². The van der Waals surface area contributed by atoms with Gasteiger partial charge < -0.3 is 10.2 Å². The summed E-state index contributed by atoms with van der Waals surface area (Å²) in [5.74, 6) is -4.77. The number of carbonyl (C=O) groups is 4. The Morgan fingerprint density at radius 1 is 0.476 bits per heavy atom. The molecular weight excluding hydrogens is 592 g/mol. The van der Waals surface area contributed by atoms with E-state index in [-0.39, 0.29) is 33.4 Å². The maximum absolute atomic E-state index is 13.3. The van der Waals surface area contributed by atoms with Gasteiger partial charge in [-0.05, 0) is 59.7 Å². The number of ketones is 2. The molecule has 0 atom stereocenters. The molecule has 4 aromatic carbocycles. The SMILES string of the molecule is O=C(O)c1ccc(-c2ccc(C(=O)O)c(C(=O)c3cccc(S(=O)(=O)O)c3)c2)cc1C(=O)c1cccc(S(=O)(=O)O)c1. The molecule has 0 spiro atoms. The number of hydrogen-bond acceptors (Lipinski definition) is 8. The van der Waals surface area contributed by atoms with Crippen molar-refractivity contribution in [1.29, 1.82) is 0 Å². The first kappa shape index (κ1) is 30.0. The number of hydrogen-bond donors (Lipinski definition) is 4. The van der Waals surface area contributed by atoms with Gasteiger partial charge in [0.1, 0.15) is 0 Å². The Bertz CT molecular complexity index is 1880. The summed E-state index contributed by atoms with van der Waals surface area (Å²) in [4.78, 5) is 49.2. The van der Waals surface area contributed by atoms with E-state index in [1.807, 2.05) is 0 Å². The average molecular weight is 611 g/mol. The Balaban J connectivity index is 1.86. The first-order valence-corrected chi connectivity index (χ1v) is 14.5. The lowest BCUT2D eigenvalue weighted by molar-refractivity contribution is 0.0683. The van der Waals surface area contributed by atoms with E-state index in [1.54, 1.807) is 0 Å². The quantitative estimate of drug-likeness (QED) is 0.157. The maximum atomic E-state index is 13.3. The normalized spacial score (nSPS) is 11.6. The Hall–Kier alpha value is -5.02. The molecule has 12 nitrogen and oxygen atoms in total. The highest BCUT2D eigenvalue weighted by atomic mass is 32.2. The highest BCUT2D eigenvalue weighted by Gasteiger charge is 2.24. The van der Waals surface area contributed by atoms with Crippen LogP contribution in [-0.4, -0.2) is 59.7 Å².